The van der Waals surface area contributed by atoms with Gasteiger partial charge in [0, 0.05) is 98.4 Å². The van der Waals surface area contributed by atoms with Crippen LogP contribution in [0.2, 0.25) is 0 Å². The molecule has 0 radical (unpaired) electrons. The van der Waals surface area contributed by atoms with Crippen molar-refractivity contribution in [2.75, 3.05) is 61.6 Å². The number of carbonyl (C=O) groups is 1. The van der Waals surface area contributed by atoms with Crippen LogP contribution < -0.4 is 15.1 Å². The van der Waals surface area contributed by atoms with Crippen molar-refractivity contribution in [2.45, 2.75) is 19.9 Å². The lowest BCUT2D eigenvalue weighted by atomic mass is 10.1. The largest absolute Gasteiger partial charge is 0.383 e. The first-order valence-corrected chi connectivity index (χ1v) is 13.6. The fraction of sp³-hybridized carbons (Fsp3) is 0.355. The SMILES string of the molecule is CCN1CCN(c2ccc(C(=O)Nc3cc(N(CCOC)c4ccc5c(ccn5C)c4)ccn3)cc2)CC1C. The second-order valence-electron chi connectivity index (χ2n) is 10.1. The maximum atomic E-state index is 13.1. The summed E-state index contributed by atoms with van der Waals surface area (Å²) in [6.07, 6.45) is 3.79. The number of hydrogen-bond donors (Lipinski definition) is 1. The number of piperazine rings is 1. The Morgan fingerprint density at radius 1 is 1.08 bits per heavy atom. The van der Waals surface area contributed by atoms with E-state index in [0.717, 1.165) is 43.2 Å². The van der Waals surface area contributed by atoms with Gasteiger partial charge in [0.1, 0.15) is 5.82 Å². The molecule has 1 N–H and O–H groups in total. The van der Waals surface area contributed by atoms with E-state index < -0.39 is 0 Å². The van der Waals surface area contributed by atoms with Crippen molar-refractivity contribution in [1.82, 2.24) is 14.5 Å². The molecule has 2 aromatic carbocycles. The van der Waals surface area contributed by atoms with E-state index in [4.69, 9.17) is 4.74 Å². The van der Waals surface area contributed by atoms with Crippen LogP contribution in [0.4, 0.5) is 22.9 Å². The first kappa shape index (κ1) is 26.7. The second kappa shape index (κ2) is 11.9. The Morgan fingerprint density at radius 2 is 1.87 bits per heavy atom. The summed E-state index contributed by atoms with van der Waals surface area (Å²) in [7, 11) is 3.75. The van der Waals surface area contributed by atoms with E-state index in [-0.39, 0.29) is 5.91 Å². The van der Waals surface area contributed by atoms with Crippen molar-refractivity contribution in [3.63, 3.8) is 0 Å². The van der Waals surface area contributed by atoms with Crippen molar-refractivity contribution in [1.29, 1.82) is 0 Å². The lowest BCUT2D eigenvalue weighted by Gasteiger charge is -2.40. The molecule has 4 aromatic rings. The van der Waals surface area contributed by atoms with E-state index >= 15 is 0 Å². The molecule has 0 saturated carbocycles. The van der Waals surface area contributed by atoms with Crippen molar-refractivity contribution in [2.24, 2.45) is 7.05 Å². The summed E-state index contributed by atoms with van der Waals surface area (Å²) in [6, 6.07) is 20.8. The van der Waals surface area contributed by atoms with Gasteiger partial charge in [-0.3, -0.25) is 9.69 Å². The van der Waals surface area contributed by atoms with Gasteiger partial charge in [0.05, 0.1) is 6.61 Å². The van der Waals surface area contributed by atoms with Crippen LogP contribution in [0.3, 0.4) is 0 Å². The molecule has 2 aromatic heterocycles. The van der Waals surface area contributed by atoms with Crippen LogP contribution >= 0.6 is 0 Å². The molecule has 1 aliphatic heterocycles. The molecule has 1 unspecified atom stereocenters. The van der Waals surface area contributed by atoms with Crippen LogP contribution in [0.15, 0.2) is 73.1 Å². The minimum atomic E-state index is -0.176. The number of pyridine rings is 1. The number of amides is 1. The highest BCUT2D eigenvalue weighted by molar-refractivity contribution is 6.04. The van der Waals surface area contributed by atoms with E-state index in [9.17, 15) is 4.79 Å². The normalized spacial score (nSPS) is 16.0. The van der Waals surface area contributed by atoms with Crippen molar-refractivity contribution < 1.29 is 9.53 Å². The number of nitrogens with zero attached hydrogens (tertiary/aromatic N) is 5. The zero-order chi connectivity index (χ0) is 27.4. The minimum Gasteiger partial charge on any atom is -0.383 e. The number of carbonyl (C=O) groups excluding carboxylic acids is 1. The standard InChI is InChI=1S/C31H38N6O2/c1-5-35-16-17-36(22-23(35)2)26-8-6-24(7-9-26)31(38)33-30-21-28(12-14-32-30)37(18-19-39-4)27-10-11-29-25(20-27)13-15-34(29)3/h6-15,20-21,23H,5,16-19,22H2,1-4H3,(H,32,33,38). The number of likely N-dealkylation sites (N-methyl/N-ethyl adjacent to an activating group) is 1. The van der Waals surface area contributed by atoms with Crippen molar-refractivity contribution >= 4 is 39.7 Å². The summed E-state index contributed by atoms with van der Waals surface area (Å²) in [4.78, 5) is 24.6. The maximum absolute atomic E-state index is 13.1. The van der Waals surface area contributed by atoms with Crippen LogP contribution in [-0.4, -0.2) is 72.8 Å². The number of rotatable bonds is 9. The zero-order valence-electron chi connectivity index (χ0n) is 23.3. The zero-order valence-corrected chi connectivity index (χ0v) is 23.3. The van der Waals surface area contributed by atoms with Gasteiger partial charge in [-0.2, -0.15) is 0 Å². The number of ether oxygens (including phenoxy) is 1. The first-order valence-electron chi connectivity index (χ1n) is 13.6. The highest BCUT2D eigenvalue weighted by Gasteiger charge is 2.22. The Labute approximate surface area is 230 Å². The Kier molecular flexibility index (Phi) is 8.14. The molecule has 1 fully saturated rings. The molecule has 39 heavy (non-hydrogen) atoms. The molecular weight excluding hydrogens is 488 g/mol. The third kappa shape index (κ3) is 5.92. The van der Waals surface area contributed by atoms with Gasteiger partial charge in [-0.25, -0.2) is 4.98 Å². The summed E-state index contributed by atoms with van der Waals surface area (Å²) >= 11 is 0. The fourth-order valence-corrected chi connectivity index (χ4v) is 5.39. The number of hydrogen-bond acceptors (Lipinski definition) is 6. The average molecular weight is 527 g/mol. The number of fused-ring (bicyclic) bond motifs is 1. The summed E-state index contributed by atoms with van der Waals surface area (Å²) in [5.74, 6) is 0.332. The van der Waals surface area contributed by atoms with Crippen LogP contribution in [-0.2, 0) is 11.8 Å². The molecule has 1 atom stereocenters. The lowest BCUT2D eigenvalue weighted by molar-refractivity contribution is 0.102. The van der Waals surface area contributed by atoms with Gasteiger partial charge in [-0.05, 0) is 68.1 Å². The minimum absolute atomic E-state index is 0.176. The number of aryl methyl sites for hydroxylation is 1. The number of aromatic nitrogens is 2. The Morgan fingerprint density at radius 3 is 2.62 bits per heavy atom. The van der Waals surface area contributed by atoms with Gasteiger partial charge >= 0.3 is 0 Å². The molecule has 1 aliphatic rings. The van der Waals surface area contributed by atoms with E-state index in [1.165, 1.54) is 10.9 Å². The average Bonchev–Trinajstić information content (AvgIpc) is 3.33. The van der Waals surface area contributed by atoms with Crippen molar-refractivity contribution in [3.8, 4) is 0 Å². The second-order valence-corrected chi connectivity index (χ2v) is 10.1. The number of methoxy groups -OCH3 is 1. The highest BCUT2D eigenvalue weighted by Crippen LogP contribution is 2.30. The predicted molar refractivity (Wildman–Crippen MR) is 159 cm³/mol. The molecule has 3 heterocycles. The Hall–Kier alpha value is -3.88. The lowest BCUT2D eigenvalue weighted by Crippen LogP contribution is -2.51. The number of benzene rings is 2. The van der Waals surface area contributed by atoms with Crippen LogP contribution in [0.1, 0.15) is 24.2 Å². The Bertz CT molecular complexity index is 1420. The fourth-order valence-electron chi connectivity index (χ4n) is 5.39. The summed E-state index contributed by atoms with van der Waals surface area (Å²) < 4.78 is 7.50. The van der Waals surface area contributed by atoms with Crippen LogP contribution in [0.5, 0.6) is 0 Å². The third-order valence-corrected chi connectivity index (χ3v) is 7.66. The molecule has 0 spiro atoms. The molecule has 0 bridgehead atoms. The highest BCUT2D eigenvalue weighted by atomic mass is 16.5. The van der Waals surface area contributed by atoms with E-state index in [1.807, 2.05) is 43.4 Å². The molecular formula is C31H38N6O2. The van der Waals surface area contributed by atoms with Gasteiger partial charge in [0.2, 0.25) is 0 Å². The molecule has 204 valence electrons. The summed E-state index contributed by atoms with van der Waals surface area (Å²) in [5.41, 5.74) is 4.93. The van der Waals surface area contributed by atoms with Crippen LogP contribution in [0.25, 0.3) is 10.9 Å². The quantitative estimate of drug-likeness (QED) is 0.326. The van der Waals surface area contributed by atoms with Crippen molar-refractivity contribution in [3.05, 3.63) is 78.6 Å². The van der Waals surface area contributed by atoms with Crippen LogP contribution in [0, 0.1) is 0 Å². The predicted octanol–water partition coefficient (Wildman–Crippen LogP) is 5.14. The third-order valence-electron chi connectivity index (χ3n) is 7.66. The molecule has 0 aliphatic carbocycles. The molecule has 5 rings (SSSR count). The van der Waals surface area contributed by atoms with Gasteiger partial charge in [-0.1, -0.05) is 6.92 Å². The maximum Gasteiger partial charge on any atom is 0.256 e. The molecule has 8 nitrogen and oxygen atoms in total. The molecule has 1 saturated heterocycles. The molecule has 8 heteroatoms. The monoisotopic (exact) mass is 526 g/mol. The first-order chi connectivity index (χ1) is 19.0. The number of nitrogens with one attached hydrogen (secondary N) is 1. The Balaban J connectivity index is 1.30. The summed E-state index contributed by atoms with van der Waals surface area (Å²) in [6.45, 7) is 9.84. The topological polar surface area (TPSA) is 65.9 Å². The van der Waals surface area contributed by atoms with E-state index in [1.54, 1.807) is 13.3 Å². The van der Waals surface area contributed by atoms with Gasteiger partial charge in [0.25, 0.3) is 5.91 Å². The smallest absolute Gasteiger partial charge is 0.256 e. The van der Waals surface area contributed by atoms with Gasteiger partial charge in [-0.15, -0.1) is 0 Å². The molecule has 1 amide bonds. The van der Waals surface area contributed by atoms with E-state index in [0.29, 0.717) is 30.6 Å². The van der Waals surface area contributed by atoms with Gasteiger partial charge < -0.3 is 24.4 Å². The van der Waals surface area contributed by atoms with E-state index in [2.05, 4.69) is 73.9 Å². The summed E-state index contributed by atoms with van der Waals surface area (Å²) in [5, 5.41) is 4.15. The number of anilines is 4. The van der Waals surface area contributed by atoms with Gasteiger partial charge in [0.15, 0.2) is 0 Å².